The molecular formula is C36H37F3N6O3. The third kappa shape index (κ3) is 4.94. The molecule has 0 spiro atoms. The van der Waals surface area contributed by atoms with Crippen molar-refractivity contribution in [2.45, 2.75) is 62.3 Å². The van der Waals surface area contributed by atoms with E-state index in [-0.39, 0.29) is 69.7 Å². The molecule has 2 bridgehead atoms. The lowest BCUT2D eigenvalue weighted by molar-refractivity contribution is 0.107. The number of nitrogens with zero attached hydrogens (tertiary/aromatic N) is 5. The minimum absolute atomic E-state index is 0.0180. The van der Waals surface area contributed by atoms with Crippen LogP contribution in [0.5, 0.6) is 11.8 Å². The van der Waals surface area contributed by atoms with Gasteiger partial charge in [0.05, 0.1) is 32.7 Å². The number of rotatable bonds is 7. The molecule has 4 fully saturated rings. The average Bonchev–Trinajstić information content (AvgIpc) is 3.71. The van der Waals surface area contributed by atoms with E-state index in [2.05, 4.69) is 26.1 Å². The molecule has 0 saturated carbocycles. The second-order valence-electron chi connectivity index (χ2n) is 13.8. The maximum absolute atomic E-state index is 17.0. The topological polar surface area (TPSA) is 95.9 Å². The molecular weight excluding hydrogens is 621 g/mol. The molecule has 2 aromatic carbocycles. The third-order valence-corrected chi connectivity index (χ3v) is 10.7. The highest BCUT2D eigenvalue weighted by atomic mass is 19.1. The van der Waals surface area contributed by atoms with E-state index in [1.54, 1.807) is 6.92 Å². The number of hydrogen-bond donors (Lipinski definition) is 2. The molecule has 4 aliphatic heterocycles. The Labute approximate surface area is 280 Å². The van der Waals surface area contributed by atoms with Gasteiger partial charge in [0.15, 0.2) is 5.82 Å². The summed E-state index contributed by atoms with van der Waals surface area (Å²) in [7, 11) is -2.58. The number of methoxy groups -OCH3 is 1. The largest absolute Gasteiger partial charge is 0.508 e. The first-order chi connectivity index (χ1) is 24.3. The summed E-state index contributed by atoms with van der Waals surface area (Å²) in [5.74, 6) is 1.04. The van der Waals surface area contributed by atoms with Gasteiger partial charge in [0.2, 0.25) is 0 Å². The van der Waals surface area contributed by atoms with Crippen LogP contribution in [0.4, 0.5) is 19.0 Å². The number of aromatic hydroxyl groups is 1. The molecule has 48 heavy (non-hydrogen) atoms. The fourth-order valence-electron chi connectivity index (χ4n) is 8.57. The molecule has 250 valence electrons. The number of benzene rings is 2. The van der Waals surface area contributed by atoms with Gasteiger partial charge in [-0.15, -0.1) is 6.42 Å². The van der Waals surface area contributed by atoms with Crippen molar-refractivity contribution in [1.82, 2.24) is 25.2 Å². The lowest BCUT2D eigenvalue weighted by Gasteiger charge is -2.41. The fraction of sp³-hybridized carbons (Fsp3) is 0.472. The van der Waals surface area contributed by atoms with Crippen LogP contribution in [0.25, 0.3) is 32.9 Å². The lowest BCUT2D eigenvalue weighted by Crippen LogP contribution is -2.61. The minimum Gasteiger partial charge on any atom is -0.508 e. The van der Waals surface area contributed by atoms with Gasteiger partial charge < -0.3 is 24.8 Å². The number of terminal acetylenes is 1. The molecule has 0 aliphatic carbocycles. The Kier molecular flexibility index (Phi) is 6.63. The van der Waals surface area contributed by atoms with Crippen molar-refractivity contribution < 1.29 is 31.9 Å². The van der Waals surface area contributed by atoms with Gasteiger partial charge in [0.25, 0.3) is 0 Å². The van der Waals surface area contributed by atoms with Gasteiger partial charge >= 0.3 is 6.01 Å². The summed E-state index contributed by atoms with van der Waals surface area (Å²) in [5, 5.41) is 15.1. The first kappa shape index (κ1) is 27.7. The van der Waals surface area contributed by atoms with Crippen LogP contribution >= 0.6 is 0 Å². The van der Waals surface area contributed by atoms with Crippen LogP contribution in [0.1, 0.15) is 47.3 Å². The van der Waals surface area contributed by atoms with E-state index in [1.165, 1.54) is 24.4 Å². The highest BCUT2D eigenvalue weighted by molar-refractivity contribution is 6.03. The summed E-state index contributed by atoms with van der Waals surface area (Å²) in [6.45, 7) is 3.47. The number of fused-ring (bicyclic) bond motifs is 5. The van der Waals surface area contributed by atoms with Gasteiger partial charge in [-0.2, -0.15) is 9.97 Å². The molecule has 2 aromatic heterocycles. The Bertz CT molecular complexity index is 2110. The second-order valence-corrected chi connectivity index (χ2v) is 13.8. The molecule has 12 heteroatoms. The number of alkyl halides is 1. The first-order valence-corrected chi connectivity index (χ1v) is 16.2. The van der Waals surface area contributed by atoms with Crippen LogP contribution in [0.15, 0.2) is 24.4 Å². The van der Waals surface area contributed by atoms with E-state index < -0.39 is 35.9 Å². The summed E-state index contributed by atoms with van der Waals surface area (Å²) in [4.78, 5) is 17.9. The van der Waals surface area contributed by atoms with E-state index in [0.29, 0.717) is 43.7 Å². The molecule has 0 radical (unpaired) electrons. The lowest BCUT2D eigenvalue weighted by atomic mass is 9.94. The zero-order valence-corrected chi connectivity index (χ0v) is 26.5. The summed E-state index contributed by atoms with van der Waals surface area (Å²) in [6.07, 6.45) is 9.61. The van der Waals surface area contributed by atoms with E-state index in [0.717, 1.165) is 25.8 Å². The molecule has 9 nitrogen and oxygen atoms in total. The molecule has 8 rings (SSSR count). The zero-order valence-electron chi connectivity index (χ0n) is 29.5. The van der Waals surface area contributed by atoms with E-state index in [1.807, 2.05) is 4.90 Å². The maximum Gasteiger partial charge on any atom is 0.319 e. The fourth-order valence-corrected chi connectivity index (χ4v) is 8.57. The van der Waals surface area contributed by atoms with Gasteiger partial charge in [0, 0.05) is 56.3 Å². The predicted molar refractivity (Wildman–Crippen MR) is 176 cm³/mol. The van der Waals surface area contributed by atoms with Gasteiger partial charge in [-0.25, -0.2) is 13.2 Å². The van der Waals surface area contributed by atoms with Gasteiger partial charge in [-0.1, -0.05) is 5.92 Å². The van der Waals surface area contributed by atoms with E-state index in [9.17, 15) is 9.50 Å². The first-order valence-electron chi connectivity index (χ1n) is 17.7. The molecule has 4 atom stereocenters. The Morgan fingerprint density at radius 3 is 2.90 bits per heavy atom. The van der Waals surface area contributed by atoms with Crippen LogP contribution < -0.4 is 15.0 Å². The number of nitrogens with one attached hydrogen (secondary N) is 1. The highest BCUT2D eigenvalue weighted by Gasteiger charge is 2.50. The van der Waals surface area contributed by atoms with Gasteiger partial charge in [-0.3, -0.25) is 9.88 Å². The van der Waals surface area contributed by atoms with Crippen LogP contribution in [0.2, 0.25) is 0 Å². The number of pyridine rings is 1. The third-order valence-electron chi connectivity index (χ3n) is 10.7. The number of hydrogen-bond acceptors (Lipinski definition) is 9. The smallest absolute Gasteiger partial charge is 0.319 e. The normalized spacial score (nSPS) is 28.0. The van der Waals surface area contributed by atoms with Crippen LogP contribution in [0, 0.1) is 30.9 Å². The number of piperazine rings is 1. The van der Waals surface area contributed by atoms with Crippen LogP contribution in [0.3, 0.4) is 0 Å². The zero-order chi connectivity index (χ0) is 35.9. The van der Waals surface area contributed by atoms with Gasteiger partial charge in [0.1, 0.15) is 41.4 Å². The quantitative estimate of drug-likeness (QED) is 0.265. The summed E-state index contributed by atoms with van der Waals surface area (Å²) < 4.78 is 81.2. The maximum atomic E-state index is 17.0. The Hall–Kier alpha value is -4.18. The Balaban J connectivity index is 1.26. The van der Waals surface area contributed by atoms with E-state index >= 15 is 8.78 Å². The Morgan fingerprint density at radius 1 is 1.19 bits per heavy atom. The minimum atomic E-state index is -2.58. The van der Waals surface area contributed by atoms with Crippen LogP contribution in [-0.4, -0.2) is 94.7 Å². The average molecular weight is 662 g/mol. The molecule has 4 saturated heterocycles. The predicted octanol–water partition coefficient (Wildman–Crippen LogP) is 5.03. The van der Waals surface area contributed by atoms with Crippen molar-refractivity contribution in [3.05, 3.63) is 47.2 Å². The number of aryl methyl sites for hydroxylation is 1. The molecule has 4 aliphatic rings. The molecule has 0 amide bonds. The number of aromatic nitrogens is 3. The standard InChI is InChI=1S/C36H37F3N6O3/c1-4-25-28-21(10-20(2)29(25)38)11-24(46)12-26(28)31-30(39)32-27(14-40-31)33(44-16-23-6-8-35(17-44,43-23)18-47-3)42-34(41-32)48-19-36-7-5-9-45(36)15-22(37)13-36/h1,10-12,14,22-23,43,46H,5-9,13,15-19H2,2-3H3/t22-,23?,35?,36+/m1/s1/i3D3. The molecule has 4 aromatic rings. The summed E-state index contributed by atoms with van der Waals surface area (Å²) >= 11 is 0. The number of phenolic OH excluding ortho intramolecular Hbond substituents is 1. The number of ether oxygens (including phenoxy) is 2. The van der Waals surface area contributed by atoms with Gasteiger partial charge in [-0.05, 0) is 68.3 Å². The molecule has 2 unspecified atom stereocenters. The summed E-state index contributed by atoms with van der Waals surface area (Å²) in [5.41, 5.74) is -1.28. The van der Waals surface area contributed by atoms with Crippen molar-refractivity contribution in [2.75, 3.05) is 51.3 Å². The highest BCUT2D eigenvalue weighted by Crippen LogP contribution is 2.43. The van der Waals surface area contributed by atoms with E-state index in [4.69, 9.17) is 25.0 Å². The molecule has 2 N–H and O–H groups in total. The van der Waals surface area contributed by atoms with Crippen molar-refractivity contribution in [3.63, 3.8) is 0 Å². The number of halogens is 3. The number of phenols is 1. The summed E-state index contributed by atoms with van der Waals surface area (Å²) in [6, 6.07) is 4.12. The monoisotopic (exact) mass is 661 g/mol. The SMILES string of the molecule is [2H]C([2H])([2H])OCC12CCC(CN(c3nc(OC[C@@]45CCCN4C[C@H](F)C5)nc4c(F)c(-c5cc(O)cc6cc(C)c(F)c(C#C)c56)ncc34)C1)N2. The van der Waals surface area contributed by atoms with Crippen LogP contribution in [-0.2, 0) is 4.74 Å². The number of anilines is 1. The van der Waals surface area contributed by atoms with Crippen molar-refractivity contribution in [2.24, 2.45) is 0 Å². The van der Waals surface area contributed by atoms with Crippen molar-refractivity contribution >= 4 is 27.5 Å². The van der Waals surface area contributed by atoms with Crippen molar-refractivity contribution in [1.29, 1.82) is 0 Å². The molecule has 6 heterocycles. The Morgan fingerprint density at radius 2 is 2.06 bits per heavy atom. The second kappa shape index (κ2) is 11.5. The van der Waals surface area contributed by atoms with Crippen molar-refractivity contribution in [3.8, 4) is 35.4 Å².